The molecule has 1 N–H and O–H groups in total. The van der Waals surface area contributed by atoms with E-state index >= 15 is 0 Å². The summed E-state index contributed by atoms with van der Waals surface area (Å²) < 4.78 is 53.9. The summed E-state index contributed by atoms with van der Waals surface area (Å²) in [4.78, 5) is 16.3. The molecule has 3 rings (SSSR count). The maximum Gasteiger partial charge on any atom is 0.416 e. The Kier molecular flexibility index (Phi) is 7.06. The normalized spacial score (nSPS) is 11.3. The van der Waals surface area contributed by atoms with Crippen LogP contribution in [0.1, 0.15) is 11.5 Å². The minimum absolute atomic E-state index is 0.00428. The molecule has 3 aromatic rings. The van der Waals surface area contributed by atoms with E-state index in [2.05, 4.69) is 15.5 Å². The number of ether oxygens (including phenoxy) is 2. The number of amides is 1. The lowest BCUT2D eigenvalue weighted by Crippen LogP contribution is -2.15. The lowest BCUT2D eigenvalue weighted by molar-refractivity contribution is -0.137. The number of anilines is 1. The highest BCUT2D eigenvalue weighted by Gasteiger charge is 2.30. The van der Waals surface area contributed by atoms with E-state index in [0.29, 0.717) is 28.8 Å². The highest BCUT2D eigenvalue weighted by Crippen LogP contribution is 2.32. The van der Waals surface area contributed by atoms with E-state index in [1.165, 1.54) is 38.1 Å². The summed E-state index contributed by atoms with van der Waals surface area (Å²) in [5.41, 5.74) is -0.0830. The van der Waals surface area contributed by atoms with Crippen LogP contribution < -0.4 is 14.8 Å². The van der Waals surface area contributed by atoms with Crippen LogP contribution in [0.3, 0.4) is 0 Å². The number of hydrogen-bond donors (Lipinski definition) is 1. The van der Waals surface area contributed by atoms with Crippen molar-refractivity contribution in [2.45, 2.75) is 11.9 Å². The molecule has 0 unspecified atom stereocenters. The van der Waals surface area contributed by atoms with E-state index in [0.717, 1.165) is 12.1 Å². The molecule has 0 spiro atoms. The van der Waals surface area contributed by atoms with Gasteiger partial charge in [0, 0.05) is 11.3 Å². The van der Waals surface area contributed by atoms with Crippen molar-refractivity contribution in [1.29, 1.82) is 0 Å². The molecule has 0 saturated carbocycles. The average Bonchev–Trinajstić information content (AvgIpc) is 3.21. The van der Waals surface area contributed by atoms with Crippen molar-refractivity contribution in [2.75, 3.05) is 25.3 Å². The number of hydrogen-bond acceptors (Lipinski definition) is 7. The maximum atomic E-state index is 12.7. The molecule has 0 radical (unpaired) electrons. The van der Waals surface area contributed by atoms with Crippen LogP contribution in [-0.4, -0.2) is 36.0 Å². The third kappa shape index (κ3) is 5.91. The third-order valence-corrected chi connectivity index (χ3v) is 4.96. The fourth-order valence-electron chi connectivity index (χ4n) is 2.61. The van der Waals surface area contributed by atoms with Gasteiger partial charge >= 0.3 is 6.18 Å². The number of nitrogens with zero attached hydrogens (tertiary/aromatic N) is 2. The summed E-state index contributed by atoms with van der Waals surface area (Å²) in [7, 11) is 3.05. The van der Waals surface area contributed by atoms with E-state index in [1.54, 1.807) is 18.2 Å². The molecule has 1 heterocycles. The van der Waals surface area contributed by atoms with Gasteiger partial charge in [-0.15, -0.1) is 11.8 Å². The second kappa shape index (κ2) is 9.73. The molecular weight excluding hydrogens is 435 g/mol. The first-order valence-electron chi connectivity index (χ1n) is 8.90. The third-order valence-electron chi connectivity index (χ3n) is 4.04. The van der Waals surface area contributed by atoms with Gasteiger partial charge < -0.3 is 19.3 Å². The molecule has 0 aliphatic rings. The van der Waals surface area contributed by atoms with E-state index in [1.807, 2.05) is 0 Å². The van der Waals surface area contributed by atoms with Crippen molar-refractivity contribution < 1.29 is 32.0 Å². The predicted molar refractivity (Wildman–Crippen MR) is 109 cm³/mol. The fourth-order valence-corrected chi connectivity index (χ4v) is 3.26. The molecule has 0 aliphatic carbocycles. The van der Waals surface area contributed by atoms with Crippen molar-refractivity contribution in [3.63, 3.8) is 0 Å². The molecule has 1 amide bonds. The smallest absolute Gasteiger partial charge is 0.416 e. The topological polar surface area (TPSA) is 86.5 Å². The van der Waals surface area contributed by atoms with Crippen LogP contribution in [0.5, 0.6) is 11.5 Å². The number of halogens is 3. The van der Waals surface area contributed by atoms with Crippen LogP contribution >= 0.6 is 11.8 Å². The Balaban J connectivity index is 1.54. The van der Waals surface area contributed by atoms with Crippen LogP contribution in [-0.2, 0) is 16.7 Å². The Bertz CT molecular complexity index is 1060. The first kappa shape index (κ1) is 22.5. The average molecular weight is 453 g/mol. The molecule has 2 aromatic carbocycles. The molecule has 0 fully saturated rings. The first-order valence-corrected chi connectivity index (χ1v) is 10.1. The van der Waals surface area contributed by atoms with Crippen molar-refractivity contribution in [3.8, 4) is 22.9 Å². The summed E-state index contributed by atoms with van der Waals surface area (Å²) in [6, 6.07) is 9.64. The van der Waals surface area contributed by atoms with Crippen molar-refractivity contribution in [1.82, 2.24) is 10.1 Å². The summed E-state index contributed by atoms with van der Waals surface area (Å²) in [6.45, 7) is 0. The van der Waals surface area contributed by atoms with Gasteiger partial charge in [-0.3, -0.25) is 4.79 Å². The zero-order valence-corrected chi connectivity index (χ0v) is 17.3. The molecule has 1 aromatic heterocycles. The number of methoxy groups -OCH3 is 2. The second-order valence-electron chi connectivity index (χ2n) is 6.20. The van der Waals surface area contributed by atoms with Gasteiger partial charge in [0.05, 0.1) is 31.3 Å². The number of nitrogens with one attached hydrogen (secondary N) is 1. The van der Waals surface area contributed by atoms with Gasteiger partial charge in [0.15, 0.2) is 11.5 Å². The zero-order chi connectivity index (χ0) is 22.4. The number of aromatic nitrogens is 2. The minimum atomic E-state index is -4.47. The summed E-state index contributed by atoms with van der Waals surface area (Å²) in [6.07, 6.45) is -4.47. The Morgan fingerprint density at radius 1 is 1.13 bits per heavy atom. The van der Waals surface area contributed by atoms with Gasteiger partial charge in [-0.2, -0.15) is 18.2 Å². The summed E-state index contributed by atoms with van der Waals surface area (Å²) in [5.74, 6) is 1.57. The first-order chi connectivity index (χ1) is 14.8. The van der Waals surface area contributed by atoms with E-state index in [-0.39, 0.29) is 17.2 Å². The molecule has 0 bridgehead atoms. The largest absolute Gasteiger partial charge is 0.493 e. The Labute approximate surface area is 179 Å². The monoisotopic (exact) mass is 453 g/mol. The SMILES string of the molecule is COc1ccc(-c2noc(CSCC(=O)Nc3cccc(C(F)(F)F)c3)n2)cc1OC. The quantitative estimate of drug-likeness (QED) is 0.532. The molecule has 0 atom stereocenters. The maximum absolute atomic E-state index is 12.7. The summed E-state index contributed by atoms with van der Waals surface area (Å²) in [5, 5.41) is 6.36. The Morgan fingerprint density at radius 2 is 1.90 bits per heavy atom. The molecule has 11 heteroatoms. The number of carbonyl (C=O) groups is 1. The lowest BCUT2D eigenvalue weighted by atomic mass is 10.2. The van der Waals surface area contributed by atoms with E-state index < -0.39 is 17.6 Å². The van der Waals surface area contributed by atoms with Gasteiger partial charge in [-0.05, 0) is 36.4 Å². The molecular formula is C20H18F3N3O4S. The number of carbonyl (C=O) groups excluding carboxylic acids is 1. The van der Waals surface area contributed by atoms with Crippen molar-refractivity contribution in [2.24, 2.45) is 0 Å². The van der Waals surface area contributed by atoms with Crippen LogP contribution in [0.4, 0.5) is 18.9 Å². The van der Waals surface area contributed by atoms with Crippen molar-refractivity contribution >= 4 is 23.4 Å². The van der Waals surface area contributed by atoms with Crippen LogP contribution in [0.15, 0.2) is 47.0 Å². The lowest BCUT2D eigenvalue weighted by Gasteiger charge is -2.09. The number of rotatable bonds is 8. The predicted octanol–water partition coefficient (Wildman–Crippen LogP) is 4.64. The van der Waals surface area contributed by atoms with Gasteiger partial charge in [-0.1, -0.05) is 11.2 Å². The highest BCUT2D eigenvalue weighted by molar-refractivity contribution is 7.99. The van der Waals surface area contributed by atoms with Gasteiger partial charge in [-0.25, -0.2) is 0 Å². The van der Waals surface area contributed by atoms with Crippen molar-refractivity contribution in [3.05, 3.63) is 53.9 Å². The van der Waals surface area contributed by atoms with Crippen LogP contribution in [0.25, 0.3) is 11.4 Å². The van der Waals surface area contributed by atoms with Gasteiger partial charge in [0.2, 0.25) is 17.6 Å². The number of benzene rings is 2. The Hall–Kier alpha value is -3.21. The minimum Gasteiger partial charge on any atom is -0.493 e. The molecule has 0 aliphatic heterocycles. The summed E-state index contributed by atoms with van der Waals surface area (Å²) >= 11 is 1.19. The number of alkyl halides is 3. The van der Waals surface area contributed by atoms with Gasteiger partial charge in [0.25, 0.3) is 0 Å². The van der Waals surface area contributed by atoms with E-state index in [4.69, 9.17) is 14.0 Å². The molecule has 7 nitrogen and oxygen atoms in total. The standard InChI is InChI=1S/C20H18F3N3O4S/c1-28-15-7-6-12(8-16(15)29-2)19-25-18(30-26-19)11-31-10-17(27)24-14-5-3-4-13(9-14)20(21,22)23/h3-9H,10-11H2,1-2H3,(H,24,27). The molecule has 164 valence electrons. The van der Waals surface area contributed by atoms with E-state index in [9.17, 15) is 18.0 Å². The Morgan fingerprint density at radius 3 is 2.61 bits per heavy atom. The fraction of sp³-hybridized carbons (Fsp3) is 0.250. The van der Waals surface area contributed by atoms with Crippen LogP contribution in [0.2, 0.25) is 0 Å². The van der Waals surface area contributed by atoms with Crippen LogP contribution in [0, 0.1) is 0 Å². The zero-order valence-electron chi connectivity index (χ0n) is 16.5. The second-order valence-corrected chi connectivity index (χ2v) is 7.19. The highest BCUT2D eigenvalue weighted by atomic mass is 32.2. The molecule has 31 heavy (non-hydrogen) atoms. The number of thioether (sulfide) groups is 1. The van der Waals surface area contributed by atoms with Gasteiger partial charge in [0.1, 0.15) is 0 Å². The molecule has 0 saturated heterocycles.